The summed E-state index contributed by atoms with van der Waals surface area (Å²) in [5, 5.41) is 0. The van der Waals surface area contributed by atoms with Gasteiger partial charge in [0.2, 0.25) is 0 Å². The Balaban J connectivity index is 0.00000400. The van der Waals surface area contributed by atoms with Gasteiger partial charge >= 0.3 is 47.5 Å². The van der Waals surface area contributed by atoms with E-state index in [0.717, 1.165) is 0 Å². The first-order valence-electron chi connectivity index (χ1n) is 5.97. The van der Waals surface area contributed by atoms with Gasteiger partial charge in [-0.3, -0.25) is 4.79 Å². The minimum absolute atomic E-state index is 0. The van der Waals surface area contributed by atoms with Crippen molar-refractivity contribution in [1.29, 1.82) is 0 Å². The van der Waals surface area contributed by atoms with Crippen LogP contribution < -0.4 is 11.2 Å². The molecule has 0 spiro atoms. The van der Waals surface area contributed by atoms with Gasteiger partial charge < -0.3 is 15.3 Å². The van der Waals surface area contributed by atoms with Crippen molar-refractivity contribution in [3.63, 3.8) is 0 Å². The molecule has 0 radical (unpaired) electrons. The van der Waals surface area contributed by atoms with Crippen LogP contribution in [0.1, 0.15) is 23.2 Å². The first-order chi connectivity index (χ1) is 9.54. The Morgan fingerprint density at radius 2 is 1.86 bits per heavy atom. The molecule has 0 amide bonds. The van der Waals surface area contributed by atoms with E-state index in [-0.39, 0.29) is 48.0 Å². The molecule has 7 nitrogen and oxygen atoms in total. The maximum absolute atomic E-state index is 11.6. The van der Waals surface area contributed by atoms with Crippen molar-refractivity contribution < 1.29 is 24.0 Å². The van der Waals surface area contributed by atoms with Gasteiger partial charge in [-0.25, -0.2) is 9.59 Å². The molecule has 0 aromatic heterocycles. The summed E-state index contributed by atoms with van der Waals surface area (Å²) in [5.74, 6) is -2.16. The fourth-order valence-corrected chi connectivity index (χ4v) is 1.36. The van der Waals surface area contributed by atoms with Crippen molar-refractivity contribution in [3.8, 4) is 0 Å². The van der Waals surface area contributed by atoms with E-state index in [1.54, 1.807) is 18.2 Å². The molecule has 0 unspecified atom stereocenters. The molecule has 1 aromatic rings. The molecule has 3 N–H and O–H groups in total. The van der Waals surface area contributed by atoms with E-state index in [9.17, 15) is 14.4 Å². The second-order valence-corrected chi connectivity index (χ2v) is 3.90. The van der Waals surface area contributed by atoms with Crippen LogP contribution in [0.5, 0.6) is 0 Å². The Morgan fingerprint density at radius 1 is 1.24 bits per heavy atom. The maximum atomic E-state index is 11.6. The summed E-state index contributed by atoms with van der Waals surface area (Å²) in [6.45, 7) is 0. The van der Waals surface area contributed by atoms with E-state index in [1.807, 2.05) is 0 Å². The molecule has 0 aliphatic heterocycles. The number of carbonyl (C=O) groups excluding carboxylic acids is 3. The van der Waals surface area contributed by atoms with Crippen LogP contribution in [-0.4, -0.2) is 60.6 Å². The molecule has 0 fully saturated rings. The Hall–Kier alpha value is -1.25. The number of ether oxygens (including phenoxy) is 1. The summed E-state index contributed by atoms with van der Waals surface area (Å²) in [6, 6.07) is 7.17. The number of hydrogen-bond acceptors (Lipinski definition) is 7. The van der Waals surface area contributed by atoms with Crippen molar-refractivity contribution in [2.45, 2.75) is 18.9 Å². The fourth-order valence-electron chi connectivity index (χ4n) is 1.36. The molecule has 8 heteroatoms. The third-order valence-corrected chi connectivity index (χ3v) is 2.38. The third-order valence-electron chi connectivity index (χ3n) is 2.38. The average Bonchev–Trinajstić information content (AvgIpc) is 2.45. The molecule has 0 aliphatic carbocycles. The van der Waals surface area contributed by atoms with Gasteiger partial charge in [0, 0.05) is 13.5 Å². The molecule has 1 rings (SSSR count). The van der Waals surface area contributed by atoms with Gasteiger partial charge in [-0.15, -0.1) is 0 Å². The zero-order chi connectivity index (χ0) is 15.0. The molecular formula is C13H17N2NaO5. The van der Waals surface area contributed by atoms with Gasteiger partial charge in [-0.2, -0.15) is 5.48 Å². The summed E-state index contributed by atoms with van der Waals surface area (Å²) in [6.07, 6.45) is -0.125. The molecule has 0 heterocycles. The van der Waals surface area contributed by atoms with E-state index < -0.39 is 23.9 Å². The normalized spacial score (nSPS) is 11.0. The number of esters is 2. The van der Waals surface area contributed by atoms with Crippen molar-refractivity contribution in [1.82, 2.24) is 5.48 Å². The van der Waals surface area contributed by atoms with Gasteiger partial charge in [0.15, 0.2) is 0 Å². The standard InChI is InChI=1S/C13H16N2O5.Na.H/c1-15-20-13(18)10(14)7-8-11(16)19-12(17)9-5-3-2-4-6-9;;/h2-6,10,15H,7-8,14H2,1H3;;/t10-;;/m0../s1. The number of hydrogen-bond donors (Lipinski definition) is 2. The van der Waals surface area contributed by atoms with Crippen molar-refractivity contribution in [3.05, 3.63) is 35.9 Å². The summed E-state index contributed by atoms with van der Waals surface area (Å²) >= 11 is 0. The average molecular weight is 304 g/mol. The summed E-state index contributed by atoms with van der Waals surface area (Å²) in [4.78, 5) is 38.6. The van der Waals surface area contributed by atoms with Gasteiger partial charge in [0.05, 0.1) is 5.56 Å². The van der Waals surface area contributed by atoms with Crippen molar-refractivity contribution in [2.24, 2.45) is 5.73 Å². The van der Waals surface area contributed by atoms with Crippen LogP contribution in [-0.2, 0) is 19.2 Å². The van der Waals surface area contributed by atoms with Crippen LogP contribution in [0.4, 0.5) is 0 Å². The third kappa shape index (κ3) is 7.35. The van der Waals surface area contributed by atoms with E-state index in [4.69, 9.17) is 5.73 Å². The van der Waals surface area contributed by atoms with Crippen LogP contribution in [0.3, 0.4) is 0 Å². The quantitative estimate of drug-likeness (QED) is 0.316. The van der Waals surface area contributed by atoms with Crippen molar-refractivity contribution in [2.75, 3.05) is 7.05 Å². The number of nitrogens with one attached hydrogen (secondary N) is 1. The molecule has 21 heavy (non-hydrogen) atoms. The number of benzene rings is 1. The Labute approximate surface area is 144 Å². The van der Waals surface area contributed by atoms with E-state index in [1.165, 1.54) is 19.2 Å². The summed E-state index contributed by atoms with van der Waals surface area (Å²) < 4.78 is 4.63. The summed E-state index contributed by atoms with van der Waals surface area (Å²) in [5.41, 5.74) is 7.95. The topological polar surface area (TPSA) is 108 Å². The zero-order valence-corrected chi connectivity index (χ0v) is 11.0. The van der Waals surface area contributed by atoms with E-state index in [2.05, 4.69) is 15.1 Å². The van der Waals surface area contributed by atoms with Crippen molar-refractivity contribution >= 4 is 47.5 Å². The molecule has 1 atom stereocenters. The zero-order valence-electron chi connectivity index (χ0n) is 11.0. The number of rotatable bonds is 6. The molecule has 0 aliphatic rings. The Morgan fingerprint density at radius 3 is 2.43 bits per heavy atom. The van der Waals surface area contributed by atoms with Crippen LogP contribution in [0.15, 0.2) is 30.3 Å². The molecular weight excluding hydrogens is 287 g/mol. The summed E-state index contributed by atoms with van der Waals surface area (Å²) in [7, 11) is 1.41. The second kappa shape index (κ2) is 10.5. The monoisotopic (exact) mass is 304 g/mol. The SMILES string of the molecule is CNOC(=O)[C@@H](N)CCC(=O)OC(=O)c1ccccc1.[NaH]. The predicted molar refractivity (Wildman–Crippen MR) is 76.4 cm³/mol. The predicted octanol–water partition coefficient (Wildman–Crippen LogP) is -0.493. The van der Waals surface area contributed by atoms with E-state index >= 15 is 0 Å². The van der Waals surface area contributed by atoms with E-state index in [0.29, 0.717) is 0 Å². The minimum atomic E-state index is -0.957. The van der Waals surface area contributed by atoms with Gasteiger partial charge in [-0.05, 0) is 18.6 Å². The second-order valence-electron chi connectivity index (χ2n) is 3.90. The first kappa shape index (κ1) is 19.8. The van der Waals surface area contributed by atoms with Gasteiger partial charge in [0.1, 0.15) is 6.04 Å². The molecule has 0 saturated heterocycles. The molecule has 0 bridgehead atoms. The van der Waals surface area contributed by atoms with Gasteiger partial charge in [-0.1, -0.05) is 18.2 Å². The van der Waals surface area contributed by atoms with Crippen LogP contribution in [0, 0.1) is 0 Å². The fraction of sp³-hybridized carbons (Fsp3) is 0.308. The first-order valence-corrected chi connectivity index (χ1v) is 5.97. The van der Waals surface area contributed by atoms with Crippen LogP contribution in [0.25, 0.3) is 0 Å². The van der Waals surface area contributed by atoms with Crippen LogP contribution in [0.2, 0.25) is 0 Å². The Kier molecular flexibility index (Phi) is 9.85. The molecule has 1 aromatic carbocycles. The number of carbonyl (C=O) groups is 3. The number of hydroxylamine groups is 1. The van der Waals surface area contributed by atoms with Crippen LogP contribution >= 0.6 is 0 Å². The number of nitrogens with two attached hydrogens (primary N) is 1. The molecule has 0 saturated carbocycles. The van der Waals surface area contributed by atoms with Gasteiger partial charge in [0.25, 0.3) is 0 Å². The molecule has 110 valence electrons. The Bertz CT molecular complexity index is 481.